The molecule has 1 amide bonds. The fraction of sp³-hybridized carbons (Fsp3) is 0.444. The van der Waals surface area contributed by atoms with Gasteiger partial charge in [0.15, 0.2) is 0 Å². The number of nitrogens with two attached hydrogens (primary N) is 2. The van der Waals surface area contributed by atoms with Gasteiger partial charge < -0.3 is 30.8 Å². The maximum absolute atomic E-state index is 13.0. The first-order chi connectivity index (χ1) is 18.3. The van der Waals surface area contributed by atoms with Gasteiger partial charge in [-0.15, -0.1) is 0 Å². The molecule has 38 heavy (non-hydrogen) atoms. The number of benzene rings is 1. The minimum absolute atomic E-state index is 0.00385. The number of carbonyl (C=O) groups is 3. The minimum atomic E-state index is -0.951. The molecule has 0 saturated carbocycles. The molecule has 0 radical (unpaired) electrons. The van der Waals surface area contributed by atoms with Gasteiger partial charge in [0.2, 0.25) is 5.95 Å². The number of carbonyl (C=O) groups excluding carboxylic acids is 3. The molecule has 1 aliphatic rings. The third-order valence-electron chi connectivity index (χ3n) is 6.78. The van der Waals surface area contributed by atoms with E-state index in [-0.39, 0.29) is 37.9 Å². The highest BCUT2D eigenvalue weighted by Crippen LogP contribution is 2.38. The van der Waals surface area contributed by atoms with Crippen LogP contribution in [-0.4, -0.2) is 51.6 Å². The number of aryl methyl sites for hydroxylation is 2. The lowest BCUT2D eigenvalue weighted by Crippen LogP contribution is -2.42. The summed E-state index contributed by atoms with van der Waals surface area (Å²) in [5, 5.41) is 3.61. The standard InChI is InChI=1S/C27H34N6O5/c1-3-37-22(34)10-8-20(26(36)38-4-2)30-25(35)18-6-9-21-17(15-18)12-14-33(21)13-11-16-5-7-19-23(16)24(28)32-27(29)31-19/h6,9,12,14-16,20H,3-5,7-8,10-11,13H2,1-2H3,(H,30,35)(H4,28,29,31,32)/t16?,20-/m0/s1. The maximum Gasteiger partial charge on any atom is 0.328 e. The number of esters is 2. The summed E-state index contributed by atoms with van der Waals surface area (Å²) in [6.07, 6.45) is 4.75. The molecular formula is C27H34N6O5. The highest BCUT2D eigenvalue weighted by atomic mass is 16.5. The number of nitrogens with zero attached hydrogens (tertiary/aromatic N) is 3. The summed E-state index contributed by atoms with van der Waals surface area (Å²) in [5.74, 6) is -0.489. The normalized spacial score (nSPS) is 15.2. The Morgan fingerprint density at radius 2 is 1.92 bits per heavy atom. The minimum Gasteiger partial charge on any atom is -0.466 e. The number of nitrogens with one attached hydrogen (secondary N) is 1. The van der Waals surface area contributed by atoms with Crippen molar-refractivity contribution in [1.29, 1.82) is 0 Å². The summed E-state index contributed by atoms with van der Waals surface area (Å²) in [6.45, 7) is 4.58. The third kappa shape index (κ3) is 6.04. The van der Waals surface area contributed by atoms with Crippen LogP contribution < -0.4 is 16.8 Å². The average Bonchev–Trinajstić information content (AvgIpc) is 3.48. The van der Waals surface area contributed by atoms with Crippen molar-refractivity contribution in [2.24, 2.45) is 0 Å². The van der Waals surface area contributed by atoms with Gasteiger partial charge in [-0.3, -0.25) is 9.59 Å². The fourth-order valence-electron chi connectivity index (χ4n) is 4.99. The summed E-state index contributed by atoms with van der Waals surface area (Å²) in [7, 11) is 0. The largest absolute Gasteiger partial charge is 0.466 e. The molecule has 2 heterocycles. The second-order valence-corrected chi connectivity index (χ2v) is 9.26. The van der Waals surface area contributed by atoms with E-state index < -0.39 is 23.9 Å². The first-order valence-electron chi connectivity index (χ1n) is 12.9. The highest BCUT2D eigenvalue weighted by Gasteiger charge is 2.28. The van der Waals surface area contributed by atoms with E-state index in [0.717, 1.165) is 48.0 Å². The fourth-order valence-corrected chi connectivity index (χ4v) is 4.99. The van der Waals surface area contributed by atoms with Gasteiger partial charge in [-0.25, -0.2) is 9.78 Å². The molecule has 1 aliphatic carbocycles. The van der Waals surface area contributed by atoms with E-state index in [9.17, 15) is 14.4 Å². The number of anilines is 2. The number of ether oxygens (including phenoxy) is 2. The number of amides is 1. The van der Waals surface area contributed by atoms with Gasteiger partial charge in [0.1, 0.15) is 11.9 Å². The molecule has 202 valence electrons. The van der Waals surface area contributed by atoms with Crippen LogP contribution in [0.25, 0.3) is 10.9 Å². The monoisotopic (exact) mass is 522 g/mol. The first kappa shape index (κ1) is 26.9. The predicted octanol–water partition coefficient (Wildman–Crippen LogP) is 2.72. The lowest BCUT2D eigenvalue weighted by Gasteiger charge is -2.17. The number of rotatable bonds is 11. The van der Waals surface area contributed by atoms with Crippen molar-refractivity contribution >= 4 is 40.5 Å². The van der Waals surface area contributed by atoms with E-state index in [1.165, 1.54) is 0 Å². The van der Waals surface area contributed by atoms with Crippen LogP contribution in [0.1, 0.15) is 67.1 Å². The zero-order valence-corrected chi connectivity index (χ0v) is 21.7. The van der Waals surface area contributed by atoms with Crippen LogP contribution in [0.4, 0.5) is 11.8 Å². The number of nitrogen functional groups attached to an aromatic ring is 2. The molecule has 2 aromatic heterocycles. The van der Waals surface area contributed by atoms with E-state index in [0.29, 0.717) is 11.4 Å². The Balaban J connectivity index is 1.42. The van der Waals surface area contributed by atoms with Crippen molar-refractivity contribution in [3.63, 3.8) is 0 Å². The zero-order chi connectivity index (χ0) is 27.2. The van der Waals surface area contributed by atoms with Crippen LogP contribution in [-0.2, 0) is 32.0 Å². The molecule has 11 heteroatoms. The van der Waals surface area contributed by atoms with Gasteiger partial charge in [0.25, 0.3) is 5.91 Å². The van der Waals surface area contributed by atoms with E-state index >= 15 is 0 Å². The lowest BCUT2D eigenvalue weighted by molar-refractivity contribution is -0.146. The van der Waals surface area contributed by atoms with Gasteiger partial charge >= 0.3 is 11.9 Å². The lowest BCUT2D eigenvalue weighted by atomic mass is 9.99. The first-order valence-corrected chi connectivity index (χ1v) is 12.9. The molecule has 2 atom stereocenters. The van der Waals surface area contributed by atoms with Crippen molar-refractivity contribution in [3.8, 4) is 0 Å². The van der Waals surface area contributed by atoms with Crippen molar-refractivity contribution in [3.05, 3.63) is 47.3 Å². The number of fused-ring (bicyclic) bond motifs is 2. The molecular weight excluding hydrogens is 488 g/mol. The Bertz CT molecular complexity index is 1340. The number of hydrogen-bond donors (Lipinski definition) is 3. The Morgan fingerprint density at radius 3 is 2.68 bits per heavy atom. The van der Waals surface area contributed by atoms with Crippen LogP contribution in [0, 0.1) is 0 Å². The molecule has 11 nitrogen and oxygen atoms in total. The molecule has 0 spiro atoms. The molecule has 4 rings (SSSR count). The van der Waals surface area contributed by atoms with Crippen molar-refractivity contribution in [2.75, 3.05) is 24.7 Å². The van der Waals surface area contributed by atoms with Gasteiger partial charge in [0, 0.05) is 41.2 Å². The molecule has 0 saturated heterocycles. The van der Waals surface area contributed by atoms with Crippen LogP contribution in [0.5, 0.6) is 0 Å². The molecule has 1 unspecified atom stereocenters. The van der Waals surface area contributed by atoms with E-state index in [2.05, 4.69) is 19.9 Å². The van der Waals surface area contributed by atoms with Crippen molar-refractivity contribution < 1.29 is 23.9 Å². The van der Waals surface area contributed by atoms with Gasteiger partial charge in [-0.05, 0) is 69.7 Å². The Morgan fingerprint density at radius 1 is 1.13 bits per heavy atom. The van der Waals surface area contributed by atoms with E-state index in [1.807, 2.05) is 18.3 Å². The van der Waals surface area contributed by atoms with Crippen LogP contribution >= 0.6 is 0 Å². The van der Waals surface area contributed by atoms with Gasteiger partial charge in [-0.2, -0.15) is 4.98 Å². The summed E-state index contributed by atoms with van der Waals surface area (Å²) in [4.78, 5) is 45.6. The number of aromatic nitrogens is 3. The summed E-state index contributed by atoms with van der Waals surface area (Å²) in [6, 6.07) is 6.41. The van der Waals surface area contributed by atoms with Crippen molar-refractivity contribution in [2.45, 2.75) is 64.5 Å². The summed E-state index contributed by atoms with van der Waals surface area (Å²) >= 11 is 0. The molecule has 0 bridgehead atoms. The molecule has 5 N–H and O–H groups in total. The van der Waals surface area contributed by atoms with Crippen LogP contribution in [0.2, 0.25) is 0 Å². The molecule has 1 aromatic carbocycles. The maximum atomic E-state index is 13.0. The SMILES string of the molecule is CCOC(=O)CC[C@H](NC(=O)c1ccc2c(ccn2CCC2CCc3nc(N)nc(N)c32)c1)C(=O)OCC. The van der Waals surface area contributed by atoms with E-state index in [4.69, 9.17) is 20.9 Å². The van der Waals surface area contributed by atoms with E-state index in [1.54, 1.807) is 26.0 Å². The summed E-state index contributed by atoms with van der Waals surface area (Å²) < 4.78 is 12.2. The third-order valence-corrected chi connectivity index (χ3v) is 6.78. The molecule has 3 aromatic rings. The van der Waals surface area contributed by atoms with Gasteiger partial charge in [-0.1, -0.05) is 0 Å². The predicted molar refractivity (Wildman–Crippen MR) is 142 cm³/mol. The molecule has 0 fully saturated rings. The Hall–Kier alpha value is -4.15. The second-order valence-electron chi connectivity index (χ2n) is 9.26. The Labute approximate surface area is 220 Å². The van der Waals surface area contributed by atoms with Gasteiger partial charge in [0.05, 0.1) is 18.9 Å². The summed E-state index contributed by atoms with van der Waals surface area (Å²) in [5.41, 5.74) is 15.2. The number of hydrogen-bond acceptors (Lipinski definition) is 9. The van der Waals surface area contributed by atoms with Crippen molar-refractivity contribution in [1.82, 2.24) is 19.9 Å². The average molecular weight is 523 g/mol. The highest BCUT2D eigenvalue weighted by molar-refractivity contribution is 6.00. The second kappa shape index (κ2) is 11.9. The molecule has 0 aliphatic heterocycles. The van der Waals surface area contributed by atoms with Crippen LogP contribution in [0.15, 0.2) is 30.5 Å². The smallest absolute Gasteiger partial charge is 0.328 e. The zero-order valence-electron chi connectivity index (χ0n) is 21.7. The topological polar surface area (TPSA) is 164 Å². The Kier molecular flexibility index (Phi) is 8.45. The van der Waals surface area contributed by atoms with Crippen LogP contribution in [0.3, 0.4) is 0 Å². The quantitative estimate of drug-likeness (QED) is 0.321.